The van der Waals surface area contributed by atoms with Crippen molar-refractivity contribution in [2.45, 2.75) is 72.7 Å². The number of rotatable bonds is 5. The summed E-state index contributed by atoms with van der Waals surface area (Å²) in [5.41, 5.74) is 4.83. The number of ether oxygens (including phenoxy) is 1. The molecule has 0 unspecified atom stereocenters. The third-order valence-electron chi connectivity index (χ3n) is 5.20. The molecule has 0 heterocycles. The maximum Gasteiger partial charge on any atom is 0.250 e. The van der Waals surface area contributed by atoms with Crippen molar-refractivity contribution in [1.82, 2.24) is 0 Å². The monoisotopic (exact) mass is 370 g/mol. The quantitative estimate of drug-likeness (QED) is 0.521. The van der Waals surface area contributed by atoms with Crippen LogP contribution < -0.4 is 9.16 Å². The van der Waals surface area contributed by atoms with Gasteiger partial charge in [-0.15, -0.1) is 0 Å². The molecule has 0 saturated heterocycles. The first-order valence-corrected chi connectivity index (χ1v) is 12.4. The maximum absolute atomic E-state index is 6.52. The van der Waals surface area contributed by atoms with Crippen LogP contribution in [0.2, 0.25) is 18.1 Å². The van der Waals surface area contributed by atoms with Crippen molar-refractivity contribution < 1.29 is 9.16 Å². The van der Waals surface area contributed by atoms with Crippen molar-refractivity contribution in [1.29, 1.82) is 0 Å². The summed E-state index contributed by atoms with van der Waals surface area (Å²) < 4.78 is 12.6. The van der Waals surface area contributed by atoms with Crippen LogP contribution in [-0.4, -0.2) is 14.4 Å². The minimum absolute atomic E-state index is 0.151. The molecule has 2 aromatic carbocycles. The first kappa shape index (κ1) is 20.6. The third-order valence-corrected chi connectivity index (χ3v) is 9.56. The normalized spacial score (nSPS) is 12.4. The molecule has 0 atom stereocenters. The van der Waals surface area contributed by atoms with E-state index in [9.17, 15) is 0 Å². The van der Waals surface area contributed by atoms with Crippen molar-refractivity contribution in [3.63, 3.8) is 0 Å². The van der Waals surface area contributed by atoms with Crippen LogP contribution in [0.4, 0.5) is 0 Å². The zero-order chi connectivity index (χ0) is 19.7. The maximum atomic E-state index is 6.52. The molecule has 0 spiro atoms. The van der Waals surface area contributed by atoms with Crippen LogP contribution in [0.5, 0.6) is 11.5 Å². The lowest BCUT2D eigenvalue weighted by molar-refractivity contribution is 0.243. The Balaban J connectivity index is 2.46. The Morgan fingerprint density at radius 2 is 1.46 bits per heavy atom. The van der Waals surface area contributed by atoms with Crippen LogP contribution in [0, 0.1) is 13.8 Å². The van der Waals surface area contributed by atoms with Crippen LogP contribution in [-0.2, 0) is 0 Å². The predicted molar refractivity (Wildman–Crippen MR) is 115 cm³/mol. The van der Waals surface area contributed by atoms with E-state index in [-0.39, 0.29) is 11.1 Å². The van der Waals surface area contributed by atoms with Crippen LogP contribution in [0.25, 0.3) is 11.1 Å². The van der Waals surface area contributed by atoms with E-state index in [4.69, 9.17) is 9.16 Å². The smallest absolute Gasteiger partial charge is 0.250 e. The highest BCUT2D eigenvalue weighted by Gasteiger charge is 2.39. The minimum atomic E-state index is -1.85. The zero-order valence-electron chi connectivity index (χ0n) is 17.9. The van der Waals surface area contributed by atoms with E-state index >= 15 is 0 Å². The number of hydrogen-bond donors (Lipinski definition) is 0. The van der Waals surface area contributed by atoms with Crippen LogP contribution >= 0.6 is 0 Å². The molecule has 0 aromatic heterocycles. The van der Waals surface area contributed by atoms with E-state index in [1.165, 1.54) is 16.7 Å². The molecule has 3 heteroatoms. The van der Waals surface area contributed by atoms with E-state index in [1.54, 1.807) is 0 Å². The van der Waals surface area contributed by atoms with Gasteiger partial charge in [0.15, 0.2) is 0 Å². The number of benzene rings is 2. The van der Waals surface area contributed by atoms with E-state index in [0.29, 0.717) is 0 Å². The lowest BCUT2D eigenvalue weighted by Gasteiger charge is -2.36. The second kappa shape index (κ2) is 7.48. The molecule has 0 N–H and O–H groups in total. The number of aryl methyl sites for hydroxylation is 2. The van der Waals surface area contributed by atoms with E-state index < -0.39 is 8.32 Å². The highest BCUT2D eigenvalue weighted by Crippen LogP contribution is 2.40. The summed E-state index contributed by atoms with van der Waals surface area (Å²) in [6, 6.07) is 12.6. The molecule has 0 radical (unpaired) electrons. The van der Waals surface area contributed by atoms with Gasteiger partial charge in [-0.3, -0.25) is 0 Å². The summed E-state index contributed by atoms with van der Waals surface area (Å²) in [6.45, 7) is 19.8. The first-order chi connectivity index (χ1) is 11.9. The van der Waals surface area contributed by atoms with Crippen LogP contribution in [0.15, 0.2) is 36.4 Å². The van der Waals surface area contributed by atoms with Crippen molar-refractivity contribution in [2.75, 3.05) is 0 Å². The van der Waals surface area contributed by atoms with Gasteiger partial charge >= 0.3 is 0 Å². The standard InChI is InChI=1S/C23H34O2Si/c1-16(2)24-21-13-11-10-12-20(21)22-17(3)14-19(15-18(22)4)25-26(8,9)23(5,6)7/h10-16H,1-9H3. The average Bonchev–Trinajstić information content (AvgIpc) is 2.46. The molecular formula is C23H34O2Si. The Kier molecular flexibility index (Phi) is 5.91. The topological polar surface area (TPSA) is 18.5 Å². The summed E-state index contributed by atoms with van der Waals surface area (Å²) in [6.07, 6.45) is 0.151. The van der Waals surface area contributed by atoms with Gasteiger partial charge in [0, 0.05) is 5.56 Å². The average molecular weight is 371 g/mol. The summed E-state index contributed by atoms with van der Waals surface area (Å²) in [4.78, 5) is 0. The number of hydrogen-bond acceptors (Lipinski definition) is 2. The van der Waals surface area contributed by atoms with Gasteiger partial charge in [0.05, 0.1) is 6.10 Å². The Morgan fingerprint density at radius 3 is 1.96 bits per heavy atom. The van der Waals surface area contributed by atoms with Gasteiger partial charge in [-0.05, 0) is 80.7 Å². The molecule has 0 aliphatic heterocycles. The zero-order valence-corrected chi connectivity index (χ0v) is 18.9. The Bertz CT molecular complexity index is 747. The first-order valence-electron chi connectivity index (χ1n) is 9.48. The molecule has 0 saturated carbocycles. The van der Waals surface area contributed by atoms with E-state index in [0.717, 1.165) is 17.1 Å². The van der Waals surface area contributed by atoms with Crippen molar-refractivity contribution in [2.24, 2.45) is 0 Å². The lowest BCUT2D eigenvalue weighted by atomic mass is 9.95. The molecule has 0 bridgehead atoms. The molecule has 0 aliphatic carbocycles. The predicted octanol–water partition coefficient (Wildman–Crippen LogP) is 7.14. The molecule has 142 valence electrons. The molecule has 2 rings (SSSR count). The minimum Gasteiger partial charge on any atom is -0.543 e. The number of para-hydroxylation sites is 1. The fraction of sp³-hybridized carbons (Fsp3) is 0.478. The molecular weight excluding hydrogens is 336 g/mol. The Labute approximate surface area is 160 Å². The fourth-order valence-corrected chi connectivity index (χ4v) is 3.90. The molecule has 26 heavy (non-hydrogen) atoms. The van der Waals surface area contributed by atoms with Crippen molar-refractivity contribution >= 4 is 8.32 Å². The van der Waals surface area contributed by atoms with Gasteiger partial charge < -0.3 is 9.16 Å². The van der Waals surface area contributed by atoms with Crippen molar-refractivity contribution in [3.8, 4) is 22.6 Å². The van der Waals surface area contributed by atoms with Crippen LogP contribution in [0.1, 0.15) is 45.7 Å². The van der Waals surface area contributed by atoms with E-state index in [2.05, 4.69) is 85.8 Å². The summed E-state index contributed by atoms with van der Waals surface area (Å²) in [7, 11) is -1.85. The molecule has 2 aromatic rings. The molecule has 0 amide bonds. The Hall–Kier alpha value is -1.74. The van der Waals surface area contributed by atoms with Gasteiger partial charge in [0.2, 0.25) is 8.32 Å². The molecule has 0 aliphatic rings. The molecule has 2 nitrogen and oxygen atoms in total. The van der Waals surface area contributed by atoms with Gasteiger partial charge in [0.25, 0.3) is 0 Å². The fourth-order valence-electron chi connectivity index (χ4n) is 2.89. The van der Waals surface area contributed by atoms with Gasteiger partial charge in [-0.2, -0.15) is 0 Å². The van der Waals surface area contributed by atoms with Gasteiger partial charge in [0.1, 0.15) is 11.5 Å². The summed E-state index contributed by atoms with van der Waals surface area (Å²) in [5.74, 6) is 1.92. The SMILES string of the molecule is Cc1cc(O[Si](C)(C)C(C)(C)C)cc(C)c1-c1ccccc1OC(C)C. The highest BCUT2D eigenvalue weighted by molar-refractivity contribution is 6.74. The van der Waals surface area contributed by atoms with Gasteiger partial charge in [-0.25, -0.2) is 0 Å². The lowest BCUT2D eigenvalue weighted by Crippen LogP contribution is -2.43. The second-order valence-corrected chi connectivity index (χ2v) is 13.7. The summed E-state index contributed by atoms with van der Waals surface area (Å²) >= 11 is 0. The second-order valence-electron chi connectivity index (χ2n) is 8.96. The Morgan fingerprint density at radius 1 is 0.923 bits per heavy atom. The van der Waals surface area contributed by atoms with Crippen molar-refractivity contribution in [3.05, 3.63) is 47.5 Å². The summed E-state index contributed by atoms with van der Waals surface area (Å²) in [5, 5.41) is 0.186. The van der Waals surface area contributed by atoms with E-state index in [1.807, 2.05) is 12.1 Å². The van der Waals surface area contributed by atoms with Gasteiger partial charge in [-0.1, -0.05) is 39.0 Å². The third kappa shape index (κ3) is 4.50. The largest absolute Gasteiger partial charge is 0.543 e. The van der Waals surface area contributed by atoms with Crippen LogP contribution in [0.3, 0.4) is 0 Å². The highest BCUT2D eigenvalue weighted by atomic mass is 28.4. The molecule has 0 fully saturated rings.